The predicted octanol–water partition coefficient (Wildman–Crippen LogP) is 2.22. The molecule has 0 saturated carbocycles. The molecular formula is C22H31FN8O2. The number of ether oxygens (including phenoxy) is 1. The number of pyridine rings is 1. The Kier molecular flexibility index (Phi) is 9.58. The van der Waals surface area contributed by atoms with Gasteiger partial charge in [-0.1, -0.05) is 13.8 Å². The lowest BCUT2D eigenvalue weighted by molar-refractivity contribution is 0.122. The number of hydrazine groups is 1. The van der Waals surface area contributed by atoms with Crippen LogP contribution in [0.15, 0.2) is 48.9 Å². The molecule has 1 aromatic heterocycles. The molecule has 1 amide bonds. The number of halogens is 1. The van der Waals surface area contributed by atoms with Gasteiger partial charge >= 0.3 is 6.09 Å². The fourth-order valence-electron chi connectivity index (χ4n) is 3.24. The average Bonchev–Trinajstić information content (AvgIpc) is 3.18. The van der Waals surface area contributed by atoms with Gasteiger partial charge in [0.2, 0.25) is 0 Å². The number of carbonyl (C=O) groups excluding carboxylic acids is 1. The van der Waals surface area contributed by atoms with Crippen molar-refractivity contribution in [1.29, 1.82) is 5.41 Å². The number of carbonyl (C=O) groups is 1. The highest BCUT2D eigenvalue weighted by molar-refractivity contribution is 5.90. The van der Waals surface area contributed by atoms with Crippen molar-refractivity contribution < 1.29 is 13.9 Å². The summed E-state index contributed by atoms with van der Waals surface area (Å²) in [5.74, 6) is 5.77. The summed E-state index contributed by atoms with van der Waals surface area (Å²) in [6.07, 6.45) is 4.37. The molecule has 178 valence electrons. The maximum atomic E-state index is 14.8. The largest absolute Gasteiger partial charge is 0.442 e. The number of benzene rings is 1. The monoisotopic (exact) mass is 458 g/mol. The molecule has 1 aromatic carbocycles. The number of rotatable bonds is 9. The van der Waals surface area contributed by atoms with Crippen molar-refractivity contribution in [1.82, 2.24) is 9.99 Å². The topological polar surface area (TPSA) is 151 Å². The number of nitrogens with zero attached hydrogens (tertiary/aromatic N) is 4. The summed E-state index contributed by atoms with van der Waals surface area (Å²) in [5, 5.41) is 8.75. The van der Waals surface area contributed by atoms with Gasteiger partial charge in [0.1, 0.15) is 17.7 Å². The van der Waals surface area contributed by atoms with Crippen LogP contribution in [-0.2, 0) is 4.74 Å². The molecule has 33 heavy (non-hydrogen) atoms. The second kappa shape index (κ2) is 12.4. The molecule has 1 fully saturated rings. The quantitative estimate of drug-likeness (QED) is 0.193. The van der Waals surface area contributed by atoms with E-state index in [0.29, 0.717) is 35.7 Å². The number of amides is 1. The van der Waals surface area contributed by atoms with Crippen LogP contribution in [0.5, 0.6) is 0 Å². The summed E-state index contributed by atoms with van der Waals surface area (Å²) in [7, 11) is 0. The molecule has 7 N–H and O–H groups in total. The maximum absolute atomic E-state index is 14.8. The van der Waals surface area contributed by atoms with Crippen molar-refractivity contribution in [3.8, 4) is 11.1 Å². The van der Waals surface area contributed by atoms with Gasteiger partial charge < -0.3 is 26.1 Å². The fraction of sp³-hybridized carbons (Fsp3) is 0.318. The number of hydrogen-bond acceptors (Lipinski definition) is 8. The summed E-state index contributed by atoms with van der Waals surface area (Å²) in [4.78, 5) is 19.4. The normalized spacial score (nSPS) is 15.1. The third-order valence-electron chi connectivity index (χ3n) is 4.71. The zero-order valence-corrected chi connectivity index (χ0v) is 18.8. The SMILES string of the molecule is CC.N=CN(CCN)c1ccc(-c2ccc(N3CC(CN(N)/C=C\N)OC3=O)cc2F)cn1. The van der Waals surface area contributed by atoms with E-state index in [1.807, 2.05) is 13.8 Å². The highest BCUT2D eigenvalue weighted by atomic mass is 19.1. The van der Waals surface area contributed by atoms with Gasteiger partial charge in [-0.2, -0.15) is 0 Å². The molecule has 0 bridgehead atoms. The van der Waals surface area contributed by atoms with E-state index in [2.05, 4.69) is 4.98 Å². The van der Waals surface area contributed by atoms with Gasteiger partial charge in [0.15, 0.2) is 0 Å². The van der Waals surface area contributed by atoms with E-state index in [-0.39, 0.29) is 13.1 Å². The molecule has 10 nitrogen and oxygen atoms in total. The van der Waals surface area contributed by atoms with Crippen LogP contribution in [0.4, 0.5) is 20.7 Å². The number of nitrogens with two attached hydrogens (primary N) is 3. The Morgan fingerprint density at radius 1 is 1.33 bits per heavy atom. The van der Waals surface area contributed by atoms with Crippen molar-refractivity contribution in [3.63, 3.8) is 0 Å². The second-order valence-corrected chi connectivity index (χ2v) is 6.84. The number of cyclic esters (lactones) is 1. The molecular weight excluding hydrogens is 427 g/mol. The van der Waals surface area contributed by atoms with E-state index in [1.165, 1.54) is 34.6 Å². The van der Waals surface area contributed by atoms with Crippen LogP contribution >= 0.6 is 0 Å². The lowest BCUT2D eigenvalue weighted by atomic mass is 10.1. The summed E-state index contributed by atoms with van der Waals surface area (Å²) >= 11 is 0. The van der Waals surface area contributed by atoms with E-state index in [1.54, 1.807) is 29.2 Å². The molecule has 1 aliphatic rings. The minimum atomic E-state index is -0.570. The van der Waals surface area contributed by atoms with E-state index in [4.69, 9.17) is 27.5 Å². The van der Waals surface area contributed by atoms with Gasteiger partial charge in [-0.05, 0) is 30.3 Å². The Bertz CT molecular complexity index is 954. The minimum absolute atomic E-state index is 0.237. The van der Waals surface area contributed by atoms with Crippen LogP contribution < -0.4 is 27.1 Å². The molecule has 1 saturated heterocycles. The van der Waals surface area contributed by atoms with E-state index in [0.717, 1.165) is 6.34 Å². The summed E-state index contributed by atoms with van der Waals surface area (Å²) in [6.45, 7) is 5.32. The highest BCUT2D eigenvalue weighted by Crippen LogP contribution is 2.29. The Morgan fingerprint density at radius 2 is 2.09 bits per heavy atom. The molecule has 11 heteroatoms. The van der Waals surface area contributed by atoms with Crippen molar-refractivity contribution >= 4 is 23.9 Å². The van der Waals surface area contributed by atoms with Crippen LogP contribution in [0, 0.1) is 11.2 Å². The van der Waals surface area contributed by atoms with Crippen molar-refractivity contribution in [2.45, 2.75) is 20.0 Å². The first-order valence-corrected chi connectivity index (χ1v) is 10.6. The van der Waals surface area contributed by atoms with Crippen molar-refractivity contribution in [2.24, 2.45) is 17.3 Å². The Balaban J connectivity index is 0.00000187. The first kappa shape index (κ1) is 25.6. The zero-order valence-electron chi connectivity index (χ0n) is 18.8. The fourth-order valence-corrected chi connectivity index (χ4v) is 3.24. The van der Waals surface area contributed by atoms with Crippen LogP contribution in [0.2, 0.25) is 0 Å². The van der Waals surface area contributed by atoms with E-state index in [9.17, 15) is 9.18 Å². The summed E-state index contributed by atoms with van der Waals surface area (Å²) < 4.78 is 20.1. The molecule has 1 atom stereocenters. The van der Waals surface area contributed by atoms with Gasteiger partial charge in [0.25, 0.3) is 0 Å². The minimum Gasteiger partial charge on any atom is -0.442 e. The zero-order chi connectivity index (χ0) is 24.4. The maximum Gasteiger partial charge on any atom is 0.414 e. The lowest BCUT2D eigenvalue weighted by Gasteiger charge is -2.18. The summed E-state index contributed by atoms with van der Waals surface area (Å²) in [5.41, 5.74) is 12.1. The first-order valence-electron chi connectivity index (χ1n) is 10.6. The molecule has 1 aliphatic heterocycles. The van der Waals surface area contributed by atoms with E-state index < -0.39 is 18.0 Å². The second-order valence-electron chi connectivity index (χ2n) is 6.84. The number of anilines is 2. The number of aromatic nitrogens is 1. The molecule has 2 heterocycles. The molecule has 2 aromatic rings. The molecule has 0 aliphatic carbocycles. The standard InChI is InChI=1S/C20H25FN8O2.C2H6/c21-18-9-15(29-12-16(31-20(29)30)11-28(25)8-6-23)2-3-17(18)14-1-4-19(26-10-14)27(13-24)7-5-22;1-2/h1-4,6,8-10,13,16,24H,5,7,11-12,22-23,25H2;1-2H3/b8-6-,24-13?;. The van der Waals surface area contributed by atoms with Gasteiger partial charge in [0.05, 0.1) is 25.1 Å². The Morgan fingerprint density at radius 3 is 2.67 bits per heavy atom. The molecule has 1 unspecified atom stereocenters. The van der Waals surface area contributed by atoms with Gasteiger partial charge in [0, 0.05) is 42.8 Å². The van der Waals surface area contributed by atoms with Crippen molar-refractivity contribution in [2.75, 3.05) is 36.0 Å². The van der Waals surface area contributed by atoms with Gasteiger partial charge in [-0.25, -0.2) is 20.0 Å². The van der Waals surface area contributed by atoms with Gasteiger partial charge in [-0.15, -0.1) is 0 Å². The smallest absolute Gasteiger partial charge is 0.414 e. The van der Waals surface area contributed by atoms with Crippen LogP contribution in [0.1, 0.15) is 13.8 Å². The first-order chi connectivity index (χ1) is 16.0. The van der Waals surface area contributed by atoms with Crippen molar-refractivity contribution in [3.05, 3.63) is 54.7 Å². The molecule has 0 radical (unpaired) electrons. The Labute approximate surface area is 192 Å². The molecule has 3 rings (SSSR count). The van der Waals surface area contributed by atoms with Crippen LogP contribution in [0.25, 0.3) is 11.1 Å². The van der Waals surface area contributed by atoms with Gasteiger partial charge in [-0.3, -0.25) is 10.3 Å². The average molecular weight is 459 g/mol. The van der Waals surface area contributed by atoms with Crippen LogP contribution in [-0.4, -0.2) is 54.7 Å². The van der Waals surface area contributed by atoms with Crippen LogP contribution in [0.3, 0.4) is 0 Å². The predicted molar refractivity (Wildman–Crippen MR) is 128 cm³/mol. The van der Waals surface area contributed by atoms with E-state index >= 15 is 0 Å². The number of nitrogens with one attached hydrogen (secondary N) is 1. The Hall–Kier alpha value is -3.70. The molecule has 0 spiro atoms. The third kappa shape index (κ3) is 6.40. The number of hydrogen-bond donors (Lipinski definition) is 4. The highest BCUT2D eigenvalue weighted by Gasteiger charge is 2.33. The lowest BCUT2D eigenvalue weighted by Crippen LogP contribution is -2.36. The third-order valence-corrected chi connectivity index (χ3v) is 4.71. The summed E-state index contributed by atoms with van der Waals surface area (Å²) in [6, 6.07) is 7.93.